The molecule has 0 aliphatic rings. The van der Waals surface area contributed by atoms with Crippen molar-refractivity contribution in [1.82, 2.24) is 0 Å². The van der Waals surface area contributed by atoms with Crippen LogP contribution in [0.15, 0.2) is 30.3 Å². The molecule has 0 aromatic heterocycles. The van der Waals surface area contributed by atoms with Crippen molar-refractivity contribution in [2.24, 2.45) is 0 Å². The smallest absolute Gasteiger partial charge is 0.167 e. The minimum atomic E-state index is -0.707. The minimum Gasteiger partial charge on any atom is -0.294 e. The van der Waals surface area contributed by atoms with E-state index in [1.807, 2.05) is 0 Å². The molecular weight excluding hydrogens is 282 g/mol. The third-order valence-electron chi connectivity index (χ3n) is 3.21. The summed E-state index contributed by atoms with van der Waals surface area (Å²) in [4.78, 5) is 12.2. The average molecular weight is 295 g/mol. The van der Waals surface area contributed by atoms with Gasteiger partial charge in [-0.3, -0.25) is 4.79 Å². The Morgan fingerprint density at radius 2 is 1.70 bits per heavy atom. The van der Waals surface area contributed by atoms with Crippen molar-refractivity contribution in [3.8, 4) is 0 Å². The summed E-state index contributed by atoms with van der Waals surface area (Å²) in [5, 5.41) is 0.566. The maximum atomic E-state index is 13.6. The van der Waals surface area contributed by atoms with Crippen LogP contribution in [-0.2, 0) is 6.42 Å². The molecule has 2 aromatic rings. The van der Waals surface area contributed by atoms with Crippen LogP contribution in [0.4, 0.5) is 8.78 Å². The Labute approximate surface area is 121 Å². The van der Waals surface area contributed by atoms with Gasteiger partial charge in [0.2, 0.25) is 0 Å². The largest absolute Gasteiger partial charge is 0.294 e. The maximum absolute atomic E-state index is 13.6. The Morgan fingerprint density at radius 3 is 2.30 bits per heavy atom. The van der Waals surface area contributed by atoms with Crippen LogP contribution in [0, 0.1) is 25.5 Å². The summed E-state index contributed by atoms with van der Waals surface area (Å²) in [7, 11) is 0. The van der Waals surface area contributed by atoms with Gasteiger partial charge in [0.05, 0.1) is 0 Å². The van der Waals surface area contributed by atoms with Crippen molar-refractivity contribution in [2.75, 3.05) is 0 Å². The molecule has 2 aromatic carbocycles. The summed E-state index contributed by atoms with van der Waals surface area (Å²) < 4.78 is 27.1. The van der Waals surface area contributed by atoms with Crippen molar-refractivity contribution >= 4 is 17.4 Å². The number of hydrogen-bond donors (Lipinski definition) is 0. The van der Waals surface area contributed by atoms with E-state index in [1.54, 1.807) is 26.0 Å². The lowest BCUT2D eigenvalue weighted by molar-refractivity contribution is 0.0990. The number of carbonyl (C=O) groups is 1. The fourth-order valence-corrected chi connectivity index (χ4v) is 2.26. The number of Topliss-reactive ketones (excluding diaryl/α,β-unsaturated/α-hetero) is 1. The van der Waals surface area contributed by atoms with E-state index in [1.165, 1.54) is 6.07 Å². The number of halogens is 3. The van der Waals surface area contributed by atoms with E-state index in [4.69, 9.17) is 11.6 Å². The zero-order valence-corrected chi connectivity index (χ0v) is 11.9. The van der Waals surface area contributed by atoms with Crippen LogP contribution in [0.2, 0.25) is 5.02 Å². The number of rotatable bonds is 3. The molecule has 0 N–H and O–H groups in total. The molecule has 0 heterocycles. The molecule has 2 rings (SSSR count). The summed E-state index contributed by atoms with van der Waals surface area (Å²) in [6.07, 6.45) is -0.305. The second-order valence-corrected chi connectivity index (χ2v) is 5.12. The highest BCUT2D eigenvalue weighted by atomic mass is 35.5. The molecule has 0 aliphatic heterocycles. The van der Waals surface area contributed by atoms with Crippen LogP contribution in [0.5, 0.6) is 0 Å². The van der Waals surface area contributed by atoms with Gasteiger partial charge in [0.25, 0.3) is 0 Å². The zero-order chi connectivity index (χ0) is 14.9. The van der Waals surface area contributed by atoms with E-state index in [0.717, 1.165) is 17.7 Å². The van der Waals surface area contributed by atoms with Crippen LogP contribution in [0.1, 0.15) is 27.0 Å². The van der Waals surface area contributed by atoms with E-state index in [0.29, 0.717) is 16.1 Å². The van der Waals surface area contributed by atoms with E-state index in [9.17, 15) is 13.6 Å². The van der Waals surface area contributed by atoms with E-state index in [2.05, 4.69) is 0 Å². The van der Waals surface area contributed by atoms with Gasteiger partial charge in [-0.15, -0.1) is 0 Å². The zero-order valence-electron chi connectivity index (χ0n) is 11.1. The summed E-state index contributed by atoms with van der Waals surface area (Å²) in [5.74, 6) is -1.74. The number of ketones is 1. The van der Waals surface area contributed by atoms with Gasteiger partial charge < -0.3 is 0 Å². The highest BCUT2D eigenvalue weighted by Gasteiger charge is 2.16. The molecule has 0 aliphatic carbocycles. The quantitative estimate of drug-likeness (QED) is 0.752. The Bertz CT molecular complexity index is 660. The molecule has 0 saturated carbocycles. The third-order valence-corrected chi connectivity index (χ3v) is 3.61. The molecule has 0 radical (unpaired) electrons. The molecule has 0 unspecified atom stereocenters. The summed E-state index contributed by atoms with van der Waals surface area (Å²) in [6.45, 7) is 3.53. The molecule has 4 heteroatoms. The SMILES string of the molecule is Cc1cc(C(=O)Cc2c(F)cccc2F)c(C)cc1Cl. The first-order chi connectivity index (χ1) is 9.40. The Hall–Kier alpha value is -1.74. The second-order valence-electron chi connectivity index (χ2n) is 4.72. The van der Waals surface area contributed by atoms with Crippen molar-refractivity contribution in [3.63, 3.8) is 0 Å². The monoisotopic (exact) mass is 294 g/mol. The van der Waals surface area contributed by atoms with Gasteiger partial charge in [0, 0.05) is 22.6 Å². The first-order valence-electron chi connectivity index (χ1n) is 6.13. The molecule has 0 spiro atoms. The van der Waals surface area contributed by atoms with Crippen LogP contribution < -0.4 is 0 Å². The number of carbonyl (C=O) groups excluding carboxylic acids is 1. The lowest BCUT2D eigenvalue weighted by Gasteiger charge is -2.09. The number of hydrogen-bond acceptors (Lipinski definition) is 1. The van der Waals surface area contributed by atoms with E-state index < -0.39 is 11.6 Å². The van der Waals surface area contributed by atoms with Gasteiger partial charge in [-0.2, -0.15) is 0 Å². The van der Waals surface area contributed by atoms with Gasteiger partial charge in [-0.05, 0) is 49.2 Å². The molecule has 0 fully saturated rings. The molecule has 0 amide bonds. The molecule has 0 atom stereocenters. The number of aryl methyl sites for hydroxylation is 2. The molecular formula is C16H13ClF2O. The first kappa shape index (κ1) is 14.7. The Kier molecular flexibility index (Phi) is 4.19. The minimum absolute atomic E-state index is 0.204. The normalized spacial score (nSPS) is 10.7. The number of benzene rings is 2. The van der Waals surface area contributed by atoms with Gasteiger partial charge >= 0.3 is 0 Å². The van der Waals surface area contributed by atoms with Gasteiger partial charge in [0.1, 0.15) is 11.6 Å². The van der Waals surface area contributed by atoms with Crippen molar-refractivity contribution in [1.29, 1.82) is 0 Å². The molecule has 20 heavy (non-hydrogen) atoms. The highest BCUT2D eigenvalue weighted by Crippen LogP contribution is 2.22. The van der Waals surface area contributed by atoms with Gasteiger partial charge in [-0.25, -0.2) is 8.78 Å². The Morgan fingerprint density at radius 1 is 1.10 bits per heavy atom. The first-order valence-corrected chi connectivity index (χ1v) is 6.50. The third kappa shape index (κ3) is 2.88. The standard InChI is InChI=1S/C16H13ClF2O/c1-9-7-13(17)10(2)6-11(9)16(20)8-12-14(18)4-3-5-15(12)19/h3-7H,8H2,1-2H3. The fraction of sp³-hybridized carbons (Fsp3) is 0.188. The highest BCUT2D eigenvalue weighted by molar-refractivity contribution is 6.31. The van der Waals surface area contributed by atoms with Crippen molar-refractivity contribution in [2.45, 2.75) is 20.3 Å². The topological polar surface area (TPSA) is 17.1 Å². The van der Waals surface area contributed by atoms with Crippen molar-refractivity contribution in [3.05, 3.63) is 69.2 Å². The van der Waals surface area contributed by atoms with Crippen LogP contribution in [-0.4, -0.2) is 5.78 Å². The van der Waals surface area contributed by atoms with Gasteiger partial charge in [-0.1, -0.05) is 17.7 Å². The van der Waals surface area contributed by atoms with Crippen LogP contribution >= 0.6 is 11.6 Å². The van der Waals surface area contributed by atoms with Crippen LogP contribution in [0.3, 0.4) is 0 Å². The van der Waals surface area contributed by atoms with Crippen LogP contribution in [0.25, 0.3) is 0 Å². The second kappa shape index (κ2) is 5.71. The molecule has 0 bridgehead atoms. The Balaban J connectivity index is 2.36. The maximum Gasteiger partial charge on any atom is 0.167 e. The van der Waals surface area contributed by atoms with E-state index >= 15 is 0 Å². The average Bonchev–Trinajstić information content (AvgIpc) is 2.38. The molecule has 104 valence electrons. The van der Waals surface area contributed by atoms with Gasteiger partial charge in [0.15, 0.2) is 5.78 Å². The molecule has 1 nitrogen and oxygen atoms in total. The molecule has 0 saturated heterocycles. The predicted molar refractivity (Wildman–Crippen MR) is 75.3 cm³/mol. The fourth-order valence-electron chi connectivity index (χ4n) is 2.04. The summed E-state index contributed by atoms with van der Waals surface area (Å²) >= 11 is 5.97. The van der Waals surface area contributed by atoms with Crippen molar-refractivity contribution < 1.29 is 13.6 Å². The lowest BCUT2D eigenvalue weighted by atomic mass is 9.97. The van der Waals surface area contributed by atoms with E-state index in [-0.39, 0.29) is 17.8 Å². The lowest BCUT2D eigenvalue weighted by Crippen LogP contribution is -2.09. The summed E-state index contributed by atoms with van der Waals surface area (Å²) in [5.41, 5.74) is 1.69. The summed E-state index contributed by atoms with van der Waals surface area (Å²) in [6, 6.07) is 6.90. The predicted octanol–water partition coefficient (Wildman–Crippen LogP) is 4.66.